The number of aromatic nitrogens is 1. The highest BCUT2D eigenvalue weighted by molar-refractivity contribution is 6.02. The van der Waals surface area contributed by atoms with Gasteiger partial charge in [0.25, 0.3) is 5.92 Å². The number of halogens is 3. The summed E-state index contributed by atoms with van der Waals surface area (Å²) in [4.78, 5) is 8.52. The zero-order valence-electron chi connectivity index (χ0n) is 21.7. The van der Waals surface area contributed by atoms with Crippen molar-refractivity contribution in [1.82, 2.24) is 9.88 Å². The van der Waals surface area contributed by atoms with E-state index in [0.29, 0.717) is 29.8 Å². The van der Waals surface area contributed by atoms with Gasteiger partial charge in [-0.05, 0) is 65.9 Å². The Labute approximate surface area is 230 Å². The van der Waals surface area contributed by atoms with Crippen LogP contribution < -0.4 is 10.6 Å². The predicted octanol–water partition coefficient (Wildman–Crippen LogP) is 5.66. The second-order valence-electron chi connectivity index (χ2n) is 10.7. The fraction of sp³-hybridized carbons (Fsp3) is 0.290. The van der Waals surface area contributed by atoms with Gasteiger partial charge in [0.1, 0.15) is 17.6 Å². The second-order valence-corrected chi connectivity index (χ2v) is 10.7. The Morgan fingerprint density at radius 2 is 1.80 bits per heavy atom. The second kappa shape index (κ2) is 10.1. The van der Waals surface area contributed by atoms with Gasteiger partial charge in [-0.1, -0.05) is 18.2 Å². The first-order valence-corrected chi connectivity index (χ1v) is 13.3. The normalized spacial score (nSPS) is 17.5. The summed E-state index contributed by atoms with van der Waals surface area (Å²) in [5.41, 5.74) is 11.2. The number of nitriles is 1. The van der Waals surface area contributed by atoms with Crippen LogP contribution >= 0.6 is 0 Å². The van der Waals surface area contributed by atoms with E-state index in [0.717, 1.165) is 40.6 Å². The molecule has 3 aromatic carbocycles. The third-order valence-corrected chi connectivity index (χ3v) is 7.75. The maximum absolute atomic E-state index is 14.9. The number of alkyl halides is 2. The number of piperidine rings is 1. The predicted molar refractivity (Wildman–Crippen MR) is 149 cm³/mol. The molecule has 9 heteroatoms. The molecule has 6 rings (SSSR count). The molecule has 3 heterocycles. The van der Waals surface area contributed by atoms with E-state index in [1.54, 1.807) is 29.3 Å². The summed E-state index contributed by atoms with van der Waals surface area (Å²) in [5, 5.41) is 20.9. The highest BCUT2D eigenvalue weighted by Crippen LogP contribution is 2.41. The Kier molecular flexibility index (Phi) is 6.61. The van der Waals surface area contributed by atoms with Crippen LogP contribution in [-0.4, -0.2) is 53.1 Å². The van der Waals surface area contributed by atoms with Crippen LogP contribution in [0.5, 0.6) is 5.75 Å². The van der Waals surface area contributed by atoms with Crippen molar-refractivity contribution >= 4 is 16.6 Å². The van der Waals surface area contributed by atoms with Gasteiger partial charge in [0.05, 0.1) is 29.9 Å². The average molecular weight is 544 g/mol. The van der Waals surface area contributed by atoms with Gasteiger partial charge in [-0.2, -0.15) is 5.26 Å². The molecule has 0 amide bonds. The lowest BCUT2D eigenvalue weighted by Gasteiger charge is -2.38. The van der Waals surface area contributed by atoms with E-state index in [1.807, 2.05) is 30.3 Å². The summed E-state index contributed by atoms with van der Waals surface area (Å²) >= 11 is 0. The molecule has 40 heavy (non-hydrogen) atoms. The minimum Gasteiger partial charge on any atom is -0.506 e. The number of para-hydroxylation sites is 1. The van der Waals surface area contributed by atoms with Gasteiger partial charge in [0.15, 0.2) is 0 Å². The third kappa shape index (κ3) is 4.96. The number of pyridine rings is 1. The summed E-state index contributed by atoms with van der Waals surface area (Å²) in [6.45, 7) is 0.972. The fourth-order valence-electron chi connectivity index (χ4n) is 5.76. The summed E-state index contributed by atoms with van der Waals surface area (Å²) in [6.07, 6.45) is 3.33. The van der Waals surface area contributed by atoms with Gasteiger partial charge in [0, 0.05) is 48.4 Å². The molecule has 3 N–H and O–H groups in total. The van der Waals surface area contributed by atoms with Crippen LogP contribution in [0.3, 0.4) is 0 Å². The van der Waals surface area contributed by atoms with E-state index in [2.05, 4.69) is 9.88 Å². The Morgan fingerprint density at radius 3 is 2.52 bits per heavy atom. The summed E-state index contributed by atoms with van der Waals surface area (Å²) < 4.78 is 41.7. The lowest BCUT2D eigenvalue weighted by atomic mass is 9.94. The number of nitrogens with zero attached hydrogens (tertiary/aromatic N) is 4. The Bertz CT molecular complexity index is 1630. The number of fused-ring (bicyclic) bond motifs is 1. The smallest absolute Gasteiger partial charge is 0.272 e. The average Bonchev–Trinajstić information content (AvgIpc) is 2.91. The molecule has 4 aromatic rings. The van der Waals surface area contributed by atoms with Crippen LogP contribution in [0.2, 0.25) is 0 Å². The van der Waals surface area contributed by atoms with Crippen LogP contribution in [0, 0.1) is 17.1 Å². The van der Waals surface area contributed by atoms with Crippen molar-refractivity contribution in [1.29, 1.82) is 5.26 Å². The lowest BCUT2D eigenvalue weighted by Crippen LogP contribution is -2.55. The SMILES string of the molecule is N#Cc1cccc(-c2ccc3ncc(-c4cc(F)cc(CN5CC(F)(F)C5)c4)c(N4CCC(N)CC4)c3c2)c1O. The van der Waals surface area contributed by atoms with Crippen molar-refractivity contribution in [3.8, 4) is 34.1 Å². The number of benzene rings is 3. The number of phenols is 1. The molecule has 0 atom stereocenters. The number of anilines is 1. The largest absolute Gasteiger partial charge is 0.506 e. The van der Waals surface area contributed by atoms with E-state index >= 15 is 0 Å². The number of aromatic hydroxyl groups is 1. The molecular weight excluding hydrogens is 515 g/mol. The van der Waals surface area contributed by atoms with Crippen molar-refractivity contribution in [2.45, 2.75) is 31.4 Å². The fourth-order valence-corrected chi connectivity index (χ4v) is 5.76. The molecule has 0 bridgehead atoms. The molecule has 0 aliphatic carbocycles. The molecule has 0 unspecified atom stereocenters. The van der Waals surface area contributed by atoms with E-state index in [1.165, 1.54) is 12.1 Å². The molecule has 0 spiro atoms. The standard InChI is InChI=1S/C31H28F3N5O/c32-23-11-19(16-38-17-31(33,34)18-38)10-22(12-23)27-15-37-28-5-4-20(25-3-1-2-21(14-35)30(25)40)13-26(28)29(27)39-8-6-24(36)7-9-39/h1-5,10-13,15,24,40H,6-9,16-18,36H2. The van der Waals surface area contributed by atoms with E-state index in [-0.39, 0.29) is 37.0 Å². The highest BCUT2D eigenvalue weighted by atomic mass is 19.3. The number of phenolic OH excluding ortho intramolecular Hbond substituents is 1. The lowest BCUT2D eigenvalue weighted by molar-refractivity contribution is -0.133. The van der Waals surface area contributed by atoms with Gasteiger partial charge >= 0.3 is 0 Å². The molecule has 2 aliphatic heterocycles. The first-order valence-electron chi connectivity index (χ1n) is 13.3. The van der Waals surface area contributed by atoms with Crippen LogP contribution in [0.1, 0.15) is 24.0 Å². The zero-order valence-corrected chi connectivity index (χ0v) is 21.7. The topological polar surface area (TPSA) is 89.4 Å². The number of hydrogen-bond donors (Lipinski definition) is 2. The van der Waals surface area contributed by atoms with E-state index in [9.17, 15) is 23.5 Å². The van der Waals surface area contributed by atoms with Crippen molar-refractivity contribution in [3.05, 3.63) is 77.7 Å². The van der Waals surface area contributed by atoms with Crippen LogP contribution in [0.25, 0.3) is 33.2 Å². The van der Waals surface area contributed by atoms with Crippen molar-refractivity contribution < 1.29 is 18.3 Å². The minimum absolute atomic E-state index is 0.0923. The summed E-state index contributed by atoms with van der Waals surface area (Å²) in [7, 11) is 0. The minimum atomic E-state index is -2.69. The number of likely N-dealkylation sites (tertiary alicyclic amines) is 1. The quantitative estimate of drug-likeness (QED) is 0.338. The van der Waals surface area contributed by atoms with Crippen LogP contribution in [-0.2, 0) is 6.54 Å². The van der Waals surface area contributed by atoms with Crippen molar-refractivity contribution in [2.24, 2.45) is 5.73 Å². The molecule has 0 radical (unpaired) electrons. The summed E-state index contributed by atoms with van der Waals surface area (Å²) in [6, 6.07) is 17.5. The van der Waals surface area contributed by atoms with Crippen LogP contribution in [0.4, 0.5) is 18.9 Å². The molecule has 0 saturated carbocycles. The molecular formula is C31H28F3N5O. The van der Waals surface area contributed by atoms with Gasteiger partial charge in [-0.3, -0.25) is 9.88 Å². The molecule has 2 saturated heterocycles. The number of hydrogen-bond acceptors (Lipinski definition) is 6. The third-order valence-electron chi connectivity index (χ3n) is 7.75. The van der Waals surface area contributed by atoms with Crippen molar-refractivity contribution in [2.75, 3.05) is 31.1 Å². The highest BCUT2D eigenvalue weighted by Gasteiger charge is 2.43. The van der Waals surface area contributed by atoms with E-state index < -0.39 is 11.7 Å². The maximum Gasteiger partial charge on any atom is 0.272 e. The van der Waals surface area contributed by atoms with Gasteiger partial charge in [-0.15, -0.1) is 0 Å². The monoisotopic (exact) mass is 543 g/mol. The van der Waals surface area contributed by atoms with E-state index in [4.69, 9.17) is 5.73 Å². The van der Waals surface area contributed by atoms with Crippen LogP contribution in [0.15, 0.2) is 60.8 Å². The Balaban J connectivity index is 1.49. The van der Waals surface area contributed by atoms with Gasteiger partial charge < -0.3 is 15.7 Å². The van der Waals surface area contributed by atoms with Gasteiger partial charge in [0.2, 0.25) is 0 Å². The molecule has 6 nitrogen and oxygen atoms in total. The molecule has 2 aliphatic rings. The number of nitrogens with two attached hydrogens (primary N) is 1. The Morgan fingerprint density at radius 1 is 1.02 bits per heavy atom. The number of rotatable bonds is 5. The summed E-state index contributed by atoms with van der Waals surface area (Å²) in [5.74, 6) is -3.23. The zero-order chi connectivity index (χ0) is 28.0. The first-order chi connectivity index (χ1) is 19.2. The molecule has 1 aromatic heterocycles. The molecule has 204 valence electrons. The van der Waals surface area contributed by atoms with Crippen molar-refractivity contribution in [3.63, 3.8) is 0 Å². The first kappa shape index (κ1) is 26.1. The maximum atomic E-state index is 14.9. The van der Waals surface area contributed by atoms with Gasteiger partial charge in [-0.25, -0.2) is 13.2 Å². The molecule has 2 fully saturated rings. The Hall–Kier alpha value is -4.13.